The zero-order valence-corrected chi connectivity index (χ0v) is 20.6. The standard InChI is InChI=1S/C23H36N4O6S/c1-14(2)11-18(26-20(29)16(24)12-15-7-5-4-6-8-15)22(31)25-17(9-10-34-3)21(30)27-19(13-28)23(32)33/h4-8,14,16-19,28H,9-13,24H2,1-3H3,(H,25,31)(H,26,29)(H,27,30)(H,32,33). The average Bonchev–Trinajstić information content (AvgIpc) is 2.79. The van der Waals surface area contributed by atoms with Crippen LogP contribution in [0.25, 0.3) is 0 Å². The maximum Gasteiger partial charge on any atom is 0.328 e. The van der Waals surface area contributed by atoms with Crippen LogP contribution in [-0.2, 0) is 25.6 Å². The number of carboxylic acids is 1. The molecule has 11 heteroatoms. The first-order valence-electron chi connectivity index (χ1n) is 11.1. The molecule has 0 saturated carbocycles. The average molecular weight is 497 g/mol. The fraction of sp³-hybridized carbons (Fsp3) is 0.565. The molecule has 4 atom stereocenters. The number of thioether (sulfide) groups is 1. The van der Waals surface area contributed by atoms with Gasteiger partial charge in [-0.3, -0.25) is 14.4 Å². The molecule has 0 bridgehead atoms. The number of nitrogens with one attached hydrogen (secondary N) is 3. The van der Waals surface area contributed by atoms with Gasteiger partial charge in [0.25, 0.3) is 0 Å². The lowest BCUT2D eigenvalue weighted by Gasteiger charge is -2.26. The molecule has 1 aromatic carbocycles. The molecule has 1 rings (SSSR count). The zero-order chi connectivity index (χ0) is 25.7. The minimum Gasteiger partial charge on any atom is -0.480 e. The molecule has 3 amide bonds. The highest BCUT2D eigenvalue weighted by Gasteiger charge is 2.30. The molecular formula is C23H36N4O6S. The van der Waals surface area contributed by atoms with Crippen molar-refractivity contribution in [3.63, 3.8) is 0 Å². The predicted octanol–water partition coefficient (Wildman–Crippen LogP) is -0.113. The SMILES string of the molecule is CSCCC(NC(=O)C(CC(C)C)NC(=O)C(N)Cc1ccccc1)C(=O)NC(CO)C(=O)O. The van der Waals surface area contributed by atoms with Crippen molar-refractivity contribution in [2.75, 3.05) is 18.6 Å². The predicted molar refractivity (Wildman–Crippen MR) is 131 cm³/mol. The lowest BCUT2D eigenvalue weighted by molar-refractivity contribution is -0.143. The number of aliphatic carboxylic acids is 1. The molecule has 10 nitrogen and oxygen atoms in total. The van der Waals surface area contributed by atoms with Crippen LogP contribution in [0.4, 0.5) is 0 Å². The number of nitrogens with two attached hydrogens (primary N) is 1. The molecule has 1 aromatic rings. The minimum absolute atomic E-state index is 0.0608. The van der Waals surface area contributed by atoms with Crippen LogP contribution in [0.2, 0.25) is 0 Å². The summed E-state index contributed by atoms with van der Waals surface area (Å²) in [4.78, 5) is 49.5. The first kappa shape index (κ1) is 29.4. The lowest BCUT2D eigenvalue weighted by Crippen LogP contribution is -2.58. The second-order valence-electron chi connectivity index (χ2n) is 8.41. The first-order chi connectivity index (χ1) is 16.1. The molecule has 0 aliphatic heterocycles. The van der Waals surface area contributed by atoms with Crippen molar-refractivity contribution < 1.29 is 29.4 Å². The number of benzene rings is 1. The molecular weight excluding hydrogens is 460 g/mol. The molecule has 190 valence electrons. The van der Waals surface area contributed by atoms with E-state index >= 15 is 0 Å². The Hall–Kier alpha value is -2.63. The summed E-state index contributed by atoms with van der Waals surface area (Å²) in [7, 11) is 0. The van der Waals surface area contributed by atoms with Crippen LogP contribution in [0.15, 0.2) is 30.3 Å². The van der Waals surface area contributed by atoms with E-state index in [0.717, 1.165) is 5.56 Å². The molecule has 0 spiro atoms. The fourth-order valence-corrected chi connectivity index (χ4v) is 3.65. The van der Waals surface area contributed by atoms with Crippen molar-refractivity contribution in [2.45, 2.75) is 57.3 Å². The summed E-state index contributed by atoms with van der Waals surface area (Å²) < 4.78 is 0. The van der Waals surface area contributed by atoms with E-state index in [1.807, 2.05) is 50.4 Å². The van der Waals surface area contributed by atoms with Crippen LogP contribution in [0.1, 0.15) is 32.3 Å². The summed E-state index contributed by atoms with van der Waals surface area (Å²) in [6.07, 6.45) is 2.70. The molecule has 0 aliphatic rings. The van der Waals surface area contributed by atoms with Gasteiger partial charge >= 0.3 is 5.97 Å². The van der Waals surface area contributed by atoms with E-state index in [9.17, 15) is 24.3 Å². The third kappa shape index (κ3) is 10.5. The summed E-state index contributed by atoms with van der Waals surface area (Å²) >= 11 is 1.46. The monoisotopic (exact) mass is 496 g/mol. The highest BCUT2D eigenvalue weighted by atomic mass is 32.2. The molecule has 0 aliphatic carbocycles. The summed E-state index contributed by atoms with van der Waals surface area (Å²) in [5, 5.41) is 25.8. The third-order valence-electron chi connectivity index (χ3n) is 5.02. The Bertz CT molecular complexity index is 808. The molecule has 0 radical (unpaired) electrons. The number of carboxylic acid groups (broad SMARTS) is 1. The van der Waals surface area contributed by atoms with E-state index in [0.29, 0.717) is 18.6 Å². The van der Waals surface area contributed by atoms with Gasteiger partial charge in [0.2, 0.25) is 17.7 Å². The van der Waals surface area contributed by atoms with Crippen molar-refractivity contribution in [3.05, 3.63) is 35.9 Å². The van der Waals surface area contributed by atoms with Crippen molar-refractivity contribution in [1.29, 1.82) is 0 Å². The summed E-state index contributed by atoms with van der Waals surface area (Å²) in [6, 6.07) is 4.98. The Morgan fingerprint density at radius 2 is 1.50 bits per heavy atom. The normalized spacial score (nSPS) is 14.5. The van der Waals surface area contributed by atoms with Gasteiger partial charge in [-0.2, -0.15) is 11.8 Å². The van der Waals surface area contributed by atoms with Gasteiger partial charge in [0.15, 0.2) is 0 Å². The van der Waals surface area contributed by atoms with Gasteiger partial charge in [-0.15, -0.1) is 0 Å². The number of carbonyl (C=O) groups excluding carboxylic acids is 3. The van der Waals surface area contributed by atoms with E-state index < -0.39 is 54.5 Å². The topological polar surface area (TPSA) is 171 Å². The van der Waals surface area contributed by atoms with E-state index in [4.69, 9.17) is 10.8 Å². The Morgan fingerprint density at radius 3 is 2.03 bits per heavy atom. The maximum absolute atomic E-state index is 13.0. The maximum atomic E-state index is 13.0. The van der Waals surface area contributed by atoms with Crippen LogP contribution in [0, 0.1) is 5.92 Å². The summed E-state index contributed by atoms with van der Waals surface area (Å²) in [5.41, 5.74) is 6.94. The van der Waals surface area contributed by atoms with Gasteiger partial charge in [0.05, 0.1) is 12.6 Å². The number of hydrogen-bond acceptors (Lipinski definition) is 7. The summed E-state index contributed by atoms with van der Waals surface area (Å²) in [6.45, 7) is 3.01. The van der Waals surface area contributed by atoms with Crippen LogP contribution in [0.3, 0.4) is 0 Å². The molecule has 4 unspecified atom stereocenters. The molecule has 7 N–H and O–H groups in total. The van der Waals surface area contributed by atoms with E-state index in [2.05, 4.69) is 16.0 Å². The highest BCUT2D eigenvalue weighted by molar-refractivity contribution is 7.98. The van der Waals surface area contributed by atoms with Gasteiger partial charge < -0.3 is 31.9 Å². The van der Waals surface area contributed by atoms with Crippen LogP contribution in [-0.4, -0.2) is 76.7 Å². The number of carbonyl (C=O) groups is 4. The Morgan fingerprint density at radius 1 is 0.941 bits per heavy atom. The fourth-order valence-electron chi connectivity index (χ4n) is 3.18. The zero-order valence-electron chi connectivity index (χ0n) is 19.8. The Balaban J connectivity index is 2.90. The number of amides is 3. The second-order valence-corrected chi connectivity index (χ2v) is 9.40. The summed E-state index contributed by atoms with van der Waals surface area (Å²) in [5.74, 6) is -2.57. The highest BCUT2D eigenvalue weighted by Crippen LogP contribution is 2.09. The molecule has 0 heterocycles. The number of aliphatic hydroxyl groups is 1. The van der Waals surface area contributed by atoms with Crippen molar-refractivity contribution >= 4 is 35.5 Å². The Kier molecular flexibility index (Phi) is 13.2. The largest absolute Gasteiger partial charge is 0.480 e. The van der Waals surface area contributed by atoms with Crippen LogP contribution < -0.4 is 21.7 Å². The van der Waals surface area contributed by atoms with Crippen molar-refractivity contribution in [1.82, 2.24) is 16.0 Å². The van der Waals surface area contributed by atoms with Crippen molar-refractivity contribution in [3.8, 4) is 0 Å². The lowest BCUT2D eigenvalue weighted by atomic mass is 10.0. The molecule has 0 saturated heterocycles. The van der Waals surface area contributed by atoms with Crippen LogP contribution >= 0.6 is 11.8 Å². The van der Waals surface area contributed by atoms with E-state index in [1.165, 1.54) is 11.8 Å². The van der Waals surface area contributed by atoms with Gasteiger partial charge in [0.1, 0.15) is 18.1 Å². The van der Waals surface area contributed by atoms with Gasteiger partial charge in [-0.05, 0) is 42.8 Å². The quantitative estimate of drug-likeness (QED) is 0.195. The van der Waals surface area contributed by atoms with E-state index in [1.54, 1.807) is 0 Å². The van der Waals surface area contributed by atoms with Gasteiger partial charge in [-0.1, -0.05) is 44.2 Å². The van der Waals surface area contributed by atoms with Crippen molar-refractivity contribution in [2.24, 2.45) is 11.7 Å². The minimum atomic E-state index is -1.48. The molecule has 0 fully saturated rings. The molecule has 34 heavy (non-hydrogen) atoms. The number of rotatable bonds is 15. The first-order valence-corrected chi connectivity index (χ1v) is 12.5. The van der Waals surface area contributed by atoms with E-state index in [-0.39, 0.29) is 12.3 Å². The van der Waals surface area contributed by atoms with Gasteiger partial charge in [0, 0.05) is 0 Å². The van der Waals surface area contributed by atoms with Gasteiger partial charge in [-0.25, -0.2) is 4.79 Å². The smallest absolute Gasteiger partial charge is 0.328 e. The Labute approximate surface area is 204 Å². The van der Waals surface area contributed by atoms with Crippen LogP contribution in [0.5, 0.6) is 0 Å². The number of aliphatic hydroxyl groups excluding tert-OH is 1. The number of hydrogen-bond donors (Lipinski definition) is 6. The third-order valence-corrected chi connectivity index (χ3v) is 5.66. The molecule has 0 aromatic heterocycles. The second kappa shape index (κ2) is 15.3.